The minimum Gasteiger partial charge on any atom is -0.490 e. The molecule has 1 aromatic rings. The number of halogens is 1. The third-order valence-electron chi connectivity index (χ3n) is 2.64. The van der Waals surface area contributed by atoms with Crippen LogP contribution in [0.2, 0.25) is 5.02 Å². The van der Waals surface area contributed by atoms with Crippen molar-refractivity contribution in [2.75, 3.05) is 6.54 Å². The van der Waals surface area contributed by atoms with Gasteiger partial charge in [0, 0.05) is 5.02 Å². The molecule has 1 rings (SSSR count). The fraction of sp³-hybridized carbons (Fsp3) is 0.538. The fourth-order valence-electron chi connectivity index (χ4n) is 1.65. The van der Waals surface area contributed by atoms with E-state index in [1.54, 1.807) is 0 Å². The van der Waals surface area contributed by atoms with Gasteiger partial charge in [0.1, 0.15) is 5.75 Å². The summed E-state index contributed by atoms with van der Waals surface area (Å²) in [4.78, 5) is 0. The SMILES string of the molecule is CCC(CC)Oc1ccc(Cl)cc1CCN. The number of ether oxygens (including phenoxy) is 1. The van der Waals surface area contributed by atoms with E-state index in [4.69, 9.17) is 22.1 Å². The summed E-state index contributed by atoms with van der Waals surface area (Å²) in [5, 5.41) is 0.736. The molecular formula is C13H20ClNO. The van der Waals surface area contributed by atoms with Gasteiger partial charge < -0.3 is 10.5 Å². The molecule has 3 heteroatoms. The van der Waals surface area contributed by atoms with Crippen molar-refractivity contribution in [1.29, 1.82) is 0 Å². The Bertz CT molecular complexity index is 324. The molecule has 2 N–H and O–H groups in total. The first-order chi connectivity index (χ1) is 7.71. The van der Waals surface area contributed by atoms with Crippen LogP contribution in [0.5, 0.6) is 5.75 Å². The maximum atomic E-state index is 5.96. The molecule has 2 nitrogen and oxygen atoms in total. The van der Waals surface area contributed by atoms with Crippen LogP contribution in [0.4, 0.5) is 0 Å². The lowest BCUT2D eigenvalue weighted by atomic mass is 10.1. The van der Waals surface area contributed by atoms with Crippen LogP contribution in [0.25, 0.3) is 0 Å². The zero-order chi connectivity index (χ0) is 12.0. The third kappa shape index (κ3) is 3.69. The Kier molecular flexibility index (Phi) is 5.64. The Labute approximate surface area is 103 Å². The molecule has 0 unspecified atom stereocenters. The predicted octanol–water partition coefficient (Wildman–Crippen LogP) is 3.41. The quantitative estimate of drug-likeness (QED) is 0.829. The highest BCUT2D eigenvalue weighted by atomic mass is 35.5. The average Bonchev–Trinajstić information content (AvgIpc) is 2.29. The van der Waals surface area contributed by atoms with E-state index >= 15 is 0 Å². The zero-order valence-electron chi connectivity index (χ0n) is 10.0. The minimum atomic E-state index is 0.276. The normalized spacial score (nSPS) is 10.8. The van der Waals surface area contributed by atoms with Gasteiger partial charge in [0.2, 0.25) is 0 Å². The summed E-state index contributed by atoms with van der Waals surface area (Å²) in [6.07, 6.45) is 3.11. The molecule has 16 heavy (non-hydrogen) atoms. The molecule has 0 atom stereocenters. The second kappa shape index (κ2) is 6.77. The smallest absolute Gasteiger partial charge is 0.123 e. The summed E-state index contributed by atoms with van der Waals surface area (Å²) >= 11 is 5.96. The molecule has 0 radical (unpaired) electrons. The standard InChI is InChI=1S/C13H20ClNO/c1-3-12(4-2)16-13-6-5-11(14)9-10(13)7-8-15/h5-6,9,12H,3-4,7-8,15H2,1-2H3. The molecule has 0 bridgehead atoms. The predicted molar refractivity (Wildman–Crippen MR) is 69.2 cm³/mol. The summed E-state index contributed by atoms with van der Waals surface area (Å²) in [7, 11) is 0. The van der Waals surface area contributed by atoms with Crippen molar-refractivity contribution in [1.82, 2.24) is 0 Å². The van der Waals surface area contributed by atoms with Crippen LogP contribution in [0, 0.1) is 0 Å². The minimum absolute atomic E-state index is 0.276. The maximum absolute atomic E-state index is 5.96. The Balaban J connectivity index is 2.84. The lowest BCUT2D eigenvalue weighted by Crippen LogP contribution is -2.15. The molecule has 0 aliphatic heterocycles. The van der Waals surface area contributed by atoms with Gasteiger partial charge in [-0.25, -0.2) is 0 Å². The molecule has 0 spiro atoms. The van der Waals surface area contributed by atoms with E-state index in [0.717, 1.165) is 35.6 Å². The van der Waals surface area contributed by atoms with Crippen LogP contribution in [0.1, 0.15) is 32.3 Å². The van der Waals surface area contributed by atoms with Crippen molar-refractivity contribution in [2.45, 2.75) is 39.2 Å². The van der Waals surface area contributed by atoms with Crippen LogP contribution < -0.4 is 10.5 Å². The molecule has 0 aliphatic carbocycles. The van der Waals surface area contributed by atoms with Gasteiger partial charge in [0.25, 0.3) is 0 Å². The Morgan fingerprint density at radius 1 is 1.31 bits per heavy atom. The van der Waals surface area contributed by atoms with Crippen molar-refractivity contribution in [2.24, 2.45) is 5.73 Å². The second-order valence-corrected chi connectivity index (χ2v) is 4.28. The summed E-state index contributed by atoms with van der Waals surface area (Å²) < 4.78 is 5.94. The van der Waals surface area contributed by atoms with Gasteiger partial charge in [0.05, 0.1) is 6.10 Å². The third-order valence-corrected chi connectivity index (χ3v) is 2.88. The lowest BCUT2D eigenvalue weighted by Gasteiger charge is -2.18. The van der Waals surface area contributed by atoms with Crippen LogP contribution in [0.15, 0.2) is 18.2 Å². The summed E-state index contributed by atoms with van der Waals surface area (Å²) in [6.45, 7) is 4.87. The highest BCUT2D eigenvalue weighted by molar-refractivity contribution is 6.30. The van der Waals surface area contributed by atoms with Gasteiger partial charge in [0.15, 0.2) is 0 Å². The van der Waals surface area contributed by atoms with Gasteiger partial charge in [-0.05, 0) is 49.6 Å². The number of hydrogen-bond donors (Lipinski definition) is 1. The largest absolute Gasteiger partial charge is 0.490 e. The highest BCUT2D eigenvalue weighted by Gasteiger charge is 2.09. The second-order valence-electron chi connectivity index (χ2n) is 3.85. The molecule has 0 amide bonds. The molecule has 0 aliphatic rings. The van der Waals surface area contributed by atoms with Crippen molar-refractivity contribution in [3.8, 4) is 5.75 Å². The van der Waals surface area contributed by atoms with E-state index in [-0.39, 0.29) is 6.10 Å². The molecule has 0 saturated heterocycles. The van der Waals surface area contributed by atoms with Crippen molar-refractivity contribution in [3.63, 3.8) is 0 Å². The maximum Gasteiger partial charge on any atom is 0.123 e. The van der Waals surface area contributed by atoms with Gasteiger partial charge in [-0.2, -0.15) is 0 Å². The number of benzene rings is 1. The van der Waals surface area contributed by atoms with E-state index in [9.17, 15) is 0 Å². The van der Waals surface area contributed by atoms with Gasteiger partial charge in [-0.3, -0.25) is 0 Å². The van der Waals surface area contributed by atoms with Crippen LogP contribution in [-0.2, 0) is 6.42 Å². The fourth-order valence-corrected chi connectivity index (χ4v) is 1.84. The number of nitrogens with two attached hydrogens (primary N) is 1. The van der Waals surface area contributed by atoms with E-state index in [1.807, 2.05) is 18.2 Å². The lowest BCUT2D eigenvalue weighted by molar-refractivity contribution is 0.191. The summed E-state index contributed by atoms with van der Waals surface area (Å²) in [5.41, 5.74) is 6.68. The van der Waals surface area contributed by atoms with Crippen LogP contribution in [-0.4, -0.2) is 12.6 Å². The highest BCUT2D eigenvalue weighted by Crippen LogP contribution is 2.25. The first kappa shape index (κ1) is 13.3. The molecule has 1 aromatic carbocycles. The molecule has 0 saturated carbocycles. The Morgan fingerprint density at radius 2 is 2.00 bits per heavy atom. The first-order valence-corrected chi connectivity index (χ1v) is 6.24. The van der Waals surface area contributed by atoms with E-state index < -0.39 is 0 Å². The Morgan fingerprint density at radius 3 is 2.56 bits per heavy atom. The summed E-state index contributed by atoms with van der Waals surface area (Å²) in [5.74, 6) is 0.920. The van der Waals surface area contributed by atoms with Crippen molar-refractivity contribution in [3.05, 3.63) is 28.8 Å². The van der Waals surface area contributed by atoms with E-state index in [1.165, 1.54) is 0 Å². The number of hydrogen-bond acceptors (Lipinski definition) is 2. The topological polar surface area (TPSA) is 35.2 Å². The molecule has 0 fully saturated rings. The summed E-state index contributed by atoms with van der Waals surface area (Å²) in [6, 6.07) is 5.73. The first-order valence-electron chi connectivity index (χ1n) is 5.86. The molecule has 0 heterocycles. The van der Waals surface area contributed by atoms with Gasteiger partial charge in [-0.1, -0.05) is 25.4 Å². The number of rotatable bonds is 6. The van der Waals surface area contributed by atoms with E-state index in [2.05, 4.69) is 13.8 Å². The van der Waals surface area contributed by atoms with Crippen molar-refractivity contribution < 1.29 is 4.74 Å². The zero-order valence-corrected chi connectivity index (χ0v) is 10.8. The molecular weight excluding hydrogens is 222 g/mol. The monoisotopic (exact) mass is 241 g/mol. The van der Waals surface area contributed by atoms with E-state index in [0.29, 0.717) is 6.54 Å². The average molecular weight is 242 g/mol. The van der Waals surface area contributed by atoms with Crippen LogP contribution >= 0.6 is 11.6 Å². The molecule has 90 valence electrons. The van der Waals surface area contributed by atoms with Crippen molar-refractivity contribution >= 4 is 11.6 Å². The van der Waals surface area contributed by atoms with Gasteiger partial charge >= 0.3 is 0 Å². The van der Waals surface area contributed by atoms with Gasteiger partial charge in [-0.15, -0.1) is 0 Å². The molecule has 0 aromatic heterocycles. The van der Waals surface area contributed by atoms with Crippen LogP contribution in [0.3, 0.4) is 0 Å². The Hall–Kier alpha value is -0.730.